The van der Waals surface area contributed by atoms with Gasteiger partial charge in [0.1, 0.15) is 18.2 Å². The molecule has 12 heteroatoms. The smallest absolute Gasteiger partial charge is 0.249 e. The highest BCUT2D eigenvalue weighted by Gasteiger charge is 2.27. The summed E-state index contributed by atoms with van der Waals surface area (Å²) in [5.41, 5.74) is 3.39. The summed E-state index contributed by atoms with van der Waals surface area (Å²) >= 11 is 0. The van der Waals surface area contributed by atoms with Gasteiger partial charge in [-0.25, -0.2) is 4.99 Å². The Labute approximate surface area is 334 Å². The number of carbonyl (C=O) groups is 4. The molecule has 4 aromatic carbocycles. The van der Waals surface area contributed by atoms with Crippen LogP contribution >= 0.6 is 0 Å². The molecule has 3 atom stereocenters. The van der Waals surface area contributed by atoms with Crippen LogP contribution in [0.2, 0.25) is 0 Å². The molecular formula is C45H53N5O7. The van der Waals surface area contributed by atoms with Crippen LogP contribution in [-0.4, -0.2) is 72.6 Å². The fourth-order valence-electron chi connectivity index (χ4n) is 5.73. The maximum Gasteiger partial charge on any atom is 0.249 e. The first-order chi connectivity index (χ1) is 27.1. The van der Waals surface area contributed by atoms with Crippen molar-refractivity contribution in [3.63, 3.8) is 0 Å². The molecule has 300 valence electrons. The van der Waals surface area contributed by atoms with Crippen LogP contribution < -0.4 is 21.3 Å². The SMILES string of the molecule is CC(C)(C)OCC(NC(=O)Cc1ccccc1)C(=O)Nc1ccc(C2=NCC(c3ccc(NC(=O)C(COC(C)(C)C)NC(=O)Cc4ccccc4)cc3)O2)cc1. The summed E-state index contributed by atoms with van der Waals surface area (Å²) in [5.74, 6) is -0.886. The fraction of sp³-hybridized carbons (Fsp3) is 0.356. The number of hydrogen-bond donors (Lipinski definition) is 4. The number of hydrogen-bond acceptors (Lipinski definition) is 8. The summed E-state index contributed by atoms with van der Waals surface area (Å²) in [5, 5.41) is 11.4. The molecule has 4 N–H and O–H groups in total. The quantitative estimate of drug-likeness (QED) is 0.106. The number of rotatable bonds is 16. The highest BCUT2D eigenvalue weighted by atomic mass is 16.5. The Kier molecular flexibility index (Phi) is 14.3. The number of nitrogens with zero attached hydrogens (tertiary/aromatic N) is 1. The molecule has 12 nitrogen and oxygen atoms in total. The van der Waals surface area contributed by atoms with Gasteiger partial charge in [-0.1, -0.05) is 72.8 Å². The number of amides is 4. The lowest BCUT2D eigenvalue weighted by Gasteiger charge is -2.25. The lowest BCUT2D eigenvalue weighted by molar-refractivity contribution is -0.129. The van der Waals surface area contributed by atoms with Gasteiger partial charge in [0.05, 0.1) is 43.8 Å². The molecule has 1 aliphatic heterocycles. The Morgan fingerprint density at radius 2 is 1.05 bits per heavy atom. The van der Waals surface area contributed by atoms with E-state index < -0.39 is 35.1 Å². The zero-order valence-electron chi connectivity index (χ0n) is 33.5. The van der Waals surface area contributed by atoms with Crippen molar-refractivity contribution >= 4 is 40.9 Å². The zero-order valence-corrected chi connectivity index (χ0v) is 33.5. The van der Waals surface area contributed by atoms with Gasteiger partial charge >= 0.3 is 0 Å². The van der Waals surface area contributed by atoms with Crippen molar-refractivity contribution in [1.29, 1.82) is 0 Å². The standard InChI is InChI=1S/C45H53N5O7/c1-44(2,3)55-28-36(49-39(51)25-30-13-9-7-10-14-30)41(53)47-34-21-17-32(18-22-34)38-27-46-43(57-38)33-19-23-35(24-20-33)48-42(54)37(29-56-45(4,5)6)50-40(52)26-31-15-11-8-12-16-31/h7-24,36-38H,25-29H2,1-6H3,(H,47,53)(H,48,54)(H,49,51)(H,50,52). The topological polar surface area (TPSA) is 156 Å². The summed E-state index contributed by atoms with van der Waals surface area (Å²) in [6.45, 7) is 11.8. The molecule has 5 rings (SSSR count). The van der Waals surface area contributed by atoms with Crippen LogP contribution in [0, 0.1) is 0 Å². The third-order valence-corrected chi connectivity index (χ3v) is 8.69. The van der Waals surface area contributed by atoms with Crippen LogP contribution in [0.15, 0.2) is 114 Å². The Morgan fingerprint density at radius 3 is 1.47 bits per heavy atom. The van der Waals surface area contributed by atoms with Gasteiger partial charge in [-0.15, -0.1) is 0 Å². The number of carbonyl (C=O) groups excluding carboxylic acids is 4. The summed E-state index contributed by atoms with van der Waals surface area (Å²) in [6, 6.07) is 31.3. The predicted molar refractivity (Wildman–Crippen MR) is 221 cm³/mol. The Hall–Kier alpha value is -5.85. The van der Waals surface area contributed by atoms with E-state index >= 15 is 0 Å². The third kappa shape index (κ3) is 14.0. The van der Waals surface area contributed by atoms with Gasteiger partial charge in [-0.2, -0.15) is 0 Å². The van der Waals surface area contributed by atoms with Crippen molar-refractivity contribution in [3.8, 4) is 0 Å². The van der Waals surface area contributed by atoms with Crippen molar-refractivity contribution < 1.29 is 33.4 Å². The Bertz CT molecular complexity index is 1990. The first kappa shape index (κ1) is 42.3. The molecule has 4 aromatic rings. The molecule has 0 fully saturated rings. The molecule has 57 heavy (non-hydrogen) atoms. The lowest BCUT2D eigenvalue weighted by atomic mass is 10.1. The second-order valence-corrected chi connectivity index (χ2v) is 15.8. The summed E-state index contributed by atoms with van der Waals surface area (Å²) in [6.07, 6.45) is -0.0486. The van der Waals surface area contributed by atoms with Gasteiger partial charge in [0, 0.05) is 16.9 Å². The minimum absolute atomic E-state index is 0.00760. The molecule has 0 saturated heterocycles. The number of aliphatic imine (C=N–C) groups is 1. The van der Waals surface area contributed by atoms with Gasteiger partial charge in [0.25, 0.3) is 0 Å². The summed E-state index contributed by atoms with van der Waals surface area (Å²) in [7, 11) is 0. The second-order valence-electron chi connectivity index (χ2n) is 15.8. The number of benzene rings is 4. The van der Waals surface area contributed by atoms with E-state index in [-0.39, 0.29) is 44.0 Å². The van der Waals surface area contributed by atoms with Crippen molar-refractivity contribution in [2.45, 2.75) is 83.8 Å². The average Bonchev–Trinajstić information content (AvgIpc) is 3.66. The summed E-state index contributed by atoms with van der Waals surface area (Å²) < 4.78 is 18.0. The maximum absolute atomic E-state index is 13.3. The van der Waals surface area contributed by atoms with E-state index in [9.17, 15) is 19.2 Å². The van der Waals surface area contributed by atoms with Gasteiger partial charge in [-0.05, 0) is 94.6 Å². The number of ether oxygens (including phenoxy) is 3. The van der Waals surface area contributed by atoms with Gasteiger partial charge in [0.15, 0.2) is 0 Å². The van der Waals surface area contributed by atoms with E-state index in [1.807, 2.05) is 126 Å². The normalized spacial score (nSPS) is 15.1. The molecule has 4 amide bonds. The monoisotopic (exact) mass is 775 g/mol. The largest absolute Gasteiger partial charge is 0.467 e. The van der Waals surface area contributed by atoms with Crippen LogP contribution in [0.5, 0.6) is 0 Å². The van der Waals surface area contributed by atoms with E-state index in [0.29, 0.717) is 23.8 Å². The minimum atomic E-state index is -0.905. The van der Waals surface area contributed by atoms with Gasteiger partial charge in [0.2, 0.25) is 29.5 Å². The molecule has 0 bridgehead atoms. The molecule has 3 unspecified atom stereocenters. The van der Waals surface area contributed by atoms with Crippen LogP contribution in [0.25, 0.3) is 0 Å². The molecule has 0 radical (unpaired) electrons. The Morgan fingerprint density at radius 1 is 0.632 bits per heavy atom. The maximum atomic E-state index is 13.3. The Balaban J connectivity index is 1.14. The number of anilines is 2. The predicted octanol–water partition coefficient (Wildman–Crippen LogP) is 6.17. The summed E-state index contributed by atoms with van der Waals surface area (Å²) in [4.78, 5) is 57.0. The van der Waals surface area contributed by atoms with E-state index in [4.69, 9.17) is 14.2 Å². The molecule has 1 aliphatic rings. The highest BCUT2D eigenvalue weighted by Crippen LogP contribution is 2.27. The lowest BCUT2D eigenvalue weighted by Crippen LogP contribution is -2.48. The van der Waals surface area contributed by atoms with Gasteiger partial charge in [-0.3, -0.25) is 19.2 Å². The molecule has 1 heterocycles. The van der Waals surface area contributed by atoms with Crippen molar-refractivity contribution in [2.24, 2.45) is 4.99 Å². The van der Waals surface area contributed by atoms with Gasteiger partial charge < -0.3 is 35.5 Å². The molecular weight excluding hydrogens is 723 g/mol. The molecule has 0 spiro atoms. The highest BCUT2D eigenvalue weighted by molar-refractivity contribution is 5.99. The first-order valence-corrected chi connectivity index (χ1v) is 19.1. The second kappa shape index (κ2) is 19.3. The minimum Gasteiger partial charge on any atom is -0.467 e. The molecule has 0 saturated carbocycles. The first-order valence-electron chi connectivity index (χ1n) is 19.1. The average molecular weight is 776 g/mol. The third-order valence-electron chi connectivity index (χ3n) is 8.69. The van der Waals surface area contributed by atoms with E-state index in [1.54, 1.807) is 24.3 Å². The van der Waals surface area contributed by atoms with E-state index in [2.05, 4.69) is 26.3 Å². The molecule has 0 aliphatic carbocycles. The van der Waals surface area contributed by atoms with E-state index in [1.165, 1.54) is 0 Å². The molecule has 0 aromatic heterocycles. The van der Waals surface area contributed by atoms with Crippen LogP contribution in [-0.2, 0) is 46.2 Å². The van der Waals surface area contributed by atoms with Crippen molar-refractivity contribution in [1.82, 2.24) is 10.6 Å². The van der Waals surface area contributed by atoms with Crippen LogP contribution in [0.4, 0.5) is 11.4 Å². The van der Waals surface area contributed by atoms with Crippen molar-refractivity contribution in [3.05, 3.63) is 131 Å². The van der Waals surface area contributed by atoms with Crippen LogP contribution in [0.3, 0.4) is 0 Å². The van der Waals surface area contributed by atoms with Crippen molar-refractivity contribution in [2.75, 3.05) is 30.4 Å². The number of nitrogens with one attached hydrogen (secondary N) is 4. The van der Waals surface area contributed by atoms with E-state index in [0.717, 1.165) is 22.3 Å². The zero-order chi connectivity index (χ0) is 41.0. The van der Waals surface area contributed by atoms with Crippen LogP contribution in [0.1, 0.15) is 69.9 Å². The fourth-order valence-corrected chi connectivity index (χ4v) is 5.73.